The van der Waals surface area contributed by atoms with Crippen LogP contribution in [0.2, 0.25) is 0 Å². The molecule has 1 amide bonds. The average molecular weight is 277 g/mol. The summed E-state index contributed by atoms with van der Waals surface area (Å²) < 4.78 is 16.3. The van der Waals surface area contributed by atoms with Crippen LogP contribution < -0.4 is 11.3 Å². The van der Waals surface area contributed by atoms with Gasteiger partial charge >= 0.3 is 7.60 Å². The quantitative estimate of drug-likeness (QED) is 0.423. The lowest BCUT2D eigenvalue weighted by atomic mass is 10.4. The third kappa shape index (κ3) is 4.38. The zero-order valence-electron chi connectivity index (χ0n) is 9.22. The highest BCUT2D eigenvalue weighted by atomic mass is 31.2. The molecule has 0 unspecified atom stereocenters. The van der Waals surface area contributed by atoms with Gasteiger partial charge in [-0.3, -0.25) is 14.2 Å². The monoisotopic (exact) mass is 277 g/mol. The van der Waals surface area contributed by atoms with Crippen molar-refractivity contribution in [1.82, 2.24) is 9.55 Å². The van der Waals surface area contributed by atoms with Crippen molar-refractivity contribution in [3.05, 3.63) is 28.4 Å². The van der Waals surface area contributed by atoms with Crippen LogP contribution >= 0.6 is 7.60 Å². The SMILES string of the molecule is NC(=O)c1nccn(CCOCP(=O)(O)O)c1=O. The molecule has 1 aromatic heterocycles. The van der Waals surface area contributed by atoms with E-state index in [1.807, 2.05) is 0 Å². The lowest BCUT2D eigenvalue weighted by Gasteiger charge is -2.08. The number of ether oxygens (including phenoxy) is 1. The standard InChI is InChI=1S/C8H12N3O6P/c9-7(12)6-8(13)11(2-1-10-6)3-4-17-5-18(14,15)16/h1-2H,3-5H2,(H2,9,12)(H2,14,15,16). The van der Waals surface area contributed by atoms with E-state index in [0.29, 0.717) is 0 Å². The third-order valence-electron chi connectivity index (χ3n) is 1.88. The first-order valence-electron chi connectivity index (χ1n) is 4.79. The first-order chi connectivity index (χ1) is 8.31. The minimum absolute atomic E-state index is 0.0294. The Morgan fingerprint density at radius 2 is 2.22 bits per heavy atom. The summed E-state index contributed by atoms with van der Waals surface area (Å²) in [5.41, 5.74) is 3.87. The summed E-state index contributed by atoms with van der Waals surface area (Å²) in [6.45, 7) is -0.0606. The van der Waals surface area contributed by atoms with Crippen LogP contribution in [0.25, 0.3) is 0 Å². The highest BCUT2D eigenvalue weighted by molar-refractivity contribution is 7.51. The Balaban J connectivity index is 2.64. The number of primary amides is 1. The molecule has 0 aromatic carbocycles. The molecule has 0 spiro atoms. The van der Waals surface area contributed by atoms with Crippen LogP contribution in [0.4, 0.5) is 0 Å². The summed E-state index contributed by atoms with van der Waals surface area (Å²) in [7, 11) is -4.22. The Labute approximate surface area is 101 Å². The Morgan fingerprint density at radius 3 is 2.78 bits per heavy atom. The van der Waals surface area contributed by atoms with E-state index in [1.54, 1.807) is 0 Å². The molecule has 1 aromatic rings. The summed E-state index contributed by atoms with van der Waals surface area (Å²) >= 11 is 0. The molecule has 0 saturated carbocycles. The molecule has 10 heteroatoms. The lowest BCUT2D eigenvalue weighted by Crippen LogP contribution is -2.31. The molecule has 18 heavy (non-hydrogen) atoms. The van der Waals surface area contributed by atoms with Crippen molar-refractivity contribution in [1.29, 1.82) is 0 Å². The molecule has 0 atom stereocenters. The second kappa shape index (κ2) is 5.87. The highest BCUT2D eigenvalue weighted by Crippen LogP contribution is 2.33. The molecule has 9 nitrogen and oxygen atoms in total. The number of hydrogen-bond donors (Lipinski definition) is 3. The van der Waals surface area contributed by atoms with Crippen molar-refractivity contribution in [3.63, 3.8) is 0 Å². The van der Waals surface area contributed by atoms with Crippen molar-refractivity contribution in [2.75, 3.05) is 13.0 Å². The zero-order valence-corrected chi connectivity index (χ0v) is 10.1. The summed E-state index contributed by atoms with van der Waals surface area (Å²) in [4.78, 5) is 43.0. The van der Waals surface area contributed by atoms with E-state index in [4.69, 9.17) is 20.3 Å². The first kappa shape index (κ1) is 14.5. The van der Waals surface area contributed by atoms with Gasteiger partial charge in [0.1, 0.15) is 6.35 Å². The van der Waals surface area contributed by atoms with Crippen molar-refractivity contribution in [3.8, 4) is 0 Å². The third-order valence-corrected chi connectivity index (χ3v) is 2.40. The first-order valence-corrected chi connectivity index (χ1v) is 6.58. The zero-order chi connectivity index (χ0) is 13.8. The second-order valence-corrected chi connectivity index (χ2v) is 4.93. The van der Waals surface area contributed by atoms with Crippen LogP contribution in [0.15, 0.2) is 17.2 Å². The summed E-state index contributed by atoms with van der Waals surface area (Å²) in [5, 5.41) is 0. The fourth-order valence-corrected chi connectivity index (χ4v) is 1.51. The molecular weight excluding hydrogens is 265 g/mol. The lowest BCUT2D eigenvalue weighted by molar-refractivity contribution is 0.0992. The summed E-state index contributed by atoms with van der Waals surface area (Å²) in [6, 6.07) is 0. The molecule has 1 heterocycles. The van der Waals surface area contributed by atoms with Crippen molar-refractivity contribution < 1.29 is 23.9 Å². The van der Waals surface area contributed by atoms with Crippen molar-refractivity contribution in [2.24, 2.45) is 5.73 Å². The van der Waals surface area contributed by atoms with E-state index in [2.05, 4.69) is 4.98 Å². The van der Waals surface area contributed by atoms with Gasteiger partial charge in [-0.1, -0.05) is 0 Å². The summed E-state index contributed by atoms with van der Waals surface area (Å²) in [6.07, 6.45) is 1.82. The largest absolute Gasteiger partial charge is 0.367 e. The van der Waals surface area contributed by atoms with Gasteiger partial charge in [0.2, 0.25) is 0 Å². The van der Waals surface area contributed by atoms with E-state index >= 15 is 0 Å². The van der Waals surface area contributed by atoms with Gasteiger partial charge < -0.3 is 24.8 Å². The van der Waals surface area contributed by atoms with Gasteiger partial charge in [-0.15, -0.1) is 0 Å². The van der Waals surface area contributed by atoms with Gasteiger partial charge in [-0.25, -0.2) is 4.98 Å². The molecule has 0 aliphatic rings. The molecule has 0 aliphatic carbocycles. The number of carbonyl (C=O) groups excluding carboxylic acids is 1. The van der Waals surface area contributed by atoms with Crippen molar-refractivity contribution in [2.45, 2.75) is 6.54 Å². The normalized spacial score (nSPS) is 11.4. The Hall–Kier alpha value is -1.54. The molecule has 0 fully saturated rings. The number of nitrogens with zero attached hydrogens (tertiary/aromatic N) is 2. The smallest absolute Gasteiger partial charge is 0.350 e. The van der Waals surface area contributed by atoms with E-state index in [9.17, 15) is 14.2 Å². The molecule has 1 rings (SSSR count). The number of aromatic nitrogens is 2. The number of rotatable bonds is 6. The molecule has 0 radical (unpaired) electrons. The number of hydrogen-bond acceptors (Lipinski definition) is 5. The maximum Gasteiger partial charge on any atom is 0.350 e. The van der Waals surface area contributed by atoms with Crippen LogP contribution in [0, 0.1) is 0 Å². The molecule has 0 saturated heterocycles. The maximum absolute atomic E-state index is 11.6. The highest BCUT2D eigenvalue weighted by Gasteiger charge is 2.13. The van der Waals surface area contributed by atoms with Gasteiger partial charge in [-0.05, 0) is 0 Å². The van der Waals surface area contributed by atoms with Crippen LogP contribution in [0.3, 0.4) is 0 Å². The fourth-order valence-electron chi connectivity index (χ4n) is 1.14. The Bertz CT molecular complexity index is 536. The van der Waals surface area contributed by atoms with Crippen LogP contribution in [-0.4, -0.2) is 38.2 Å². The maximum atomic E-state index is 11.6. The van der Waals surface area contributed by atoms with E-state index < -0.39 is 31.1 Å². The number of nitrogens with two attached hydrogens (primary N) is 1. The topological polar surface area (TPSA) is 145 Å². The van der Waals surface area contributed by atoms with Gasteiger partial charge in [0.25, 0.3) is 11.5 Å². The van der Waals surface area contributed by atoms with E-state index in [-0.39, 0.29) is 13.2 Å². The van der Waals surface area contributed by atoms with Crippen LogP contribution in [0.1, 0.15) is 10.5 Å². The Morgan fingerprint density at radius 1 is 1.56 bits per heavy atom. The van der Waals surface area contributed by atoms with Gasteiger partial charge in [0, 0.05) is 18.9 Å². The molecule has 0 aliphatic heterocycles. The number of carbonyl (C=O) groups is 1. The second-order valence-electron chi connectivity index (χ2n) is 3.34. The Kier molecular flexibility index (Phi) is 4.74. The molecule has 0 bridgehead atoms. The van der Waals surface area contributed by atoms with E-state index in [0.717, 1.165) is 4.57 Å². The summed E-state index contributed by atoms with van der Waals surface area (Å²) in [5.74, 6) is -0.939. The average Bonchev–Trinajstić information content (AvgIpc) is 2.24. The van der Waals surface area contributed by atoms with Crippen molar-refractivity contribution >= 4 is 13.5 Å². The predicted molar refractivity (Wildman–Crippen MR) is 59.9 cm³/mol. The predicted octanol–water partition coefficient (Wildman–Crippen LogP) is -1.51. The van der Waals surface area contributed by atoms with Gasteiger partial charge in [-0.2, -0.15) is 0 Å². The molecule has 100 valence electrons. The van der Waals surface area contributed by atoms with Gasteiger partial charge in [0.05, 0.1) is 6.61 Å². The van der Waals surface area contributed by atoms with E-state index in [1.165, 1.54) is 12.4 Å². The fraction of sp³-hybridized carbons (Fsp3) is 0.375. The van der Waals surface area contributed by atoms with Crippen LogP contribution in [0.5, 0.6) is 0 Å². The van der Waals surface area contributed by atoms with Gasteiger partial charge in [0.15, 0.2) is 5.69 Å². The van der Waals surface area contributed by atoms with Crippen LogP contribution in [-0.2, 0) is 15.8 Å². The number of amides is 1. The minimum Gasteiger partial charge on any atom is -0.367 e. The minimum atomic E-state index is -4.22. The molecular formula is C8H12N3O6P. The molecule has 4 N–H and O–H groups in total.